The van der Waals surface area contributed by atoms with E-state index in [2.05, 4.69) is 95.7 Å². The summed E-state index contributed by atoms with van der Waals surface area (Å²) in [5.74, 6) is 0. The van der Waals surface area contributed by atoms with Gasteiger partial charge < -0.3 is 0 Å². The van der Waals surface area contributed by atoms with Crippen LogP contribution in [0.15, 0.2) is 49.6 Å². The normalized spacial score (nSPS) is 6.85. The van der Waals surface area contributed by atoms with Crippen molar-refractivity contribution in [3.8, 4) is 0 Å². The number of hydrogen-bond acceptors (Lipinski definition) is 0. The third-order valence-corrected chi connectivity index (χ3v) is 3.24. The first kappa shape index (κ1) is 31.2. The fourth-order valence-corrected chi connectivity index (χ4v) is 2.42. The second kappa shape index (κ2) is 24.7. The van der Waals surface area contributed by atoms with E-state index in [4.69, 9.17) is 23.3 Å². The number of allylic oxidation sites excluding steroid dienone is 2. The molecule has 0 amide bonds. The number of hydrogen-bond donors (Lipinski definition) is 0. The molecule has 0 saturated carbocycles. The number of para-hydroxylation sites is 2. The van der Waals surface area contributed by atoms with E-state index in [1.807, 2.05) is 12.2 Å². The molecule has 2 rings (SSSR count). The Hall–Kier alpha value is -2.60. The van der Waals surface area contributed by atoms with Gasteiger partial charge in [0.15, 0.2) is 0 Å². The molecule has 132 valence electrons. The van der Waals surface area contributed by atoms with E-state index in [1.165, 1.54) is 11.0 Å². The molecule has 1 heterocycles. The molecule has 26 heavy (non-hydrogen) atoms. The van der Waals surface area contributed by atoms with Gasteiger partial charge in [0, 0.05) is 0 Å². The van der Waals surface area contributed by atoms with E-state index in [1.54, 1.807) is 0 Å². The molecule has 1 aromatic heterocycles. The minimum absolute atomic E-state index is 0.812. The van der Waals surface area contributed by atoms with Gasteiger partial charge in [-0.3, -0.25) is 0 Å². The quantitative estimate of drug-likeness (QED) is 0.435. The van der Waals surface area contributed by atoms with Crippen LogP contribution in [-0.2, 0) is 52.2 Å². The molecule has 0 radical (unpaired) electrons. The molecule has 0 saturated heterocycles. The first-order valence-electron chi connectivity index (χ1n) is 6.21. The summed E-state index contributed by atoms with van der Waals surface area (Å²) in [6.07, 6.45) is 3.82. The zero-order valence-electron chi connectivity index (χ0n) is 13.6. The van der Waals surface area contributed by atoms with Crippen LogP contribution in [0.5, 0.6) is 0 Å². The molecule has 1 aromatic carbocycles. The molecule has 0 fully saturated rings. The predicted molar refractivity (Wildman–Crippen MR) is 83.2 cm³/mol. The molecular formula is C18H14CrN2O5. The van der Waals surface area contributed by atoms with E-state index in [0.29, 0.717) is 0 Å². The topological polar surface area (TPSA) is 109 Å². The molecule has 2 aromatic rings. The Labute approximate surface area is 159 Å². The maximum atomic E-state index is 7.50. The van der Waals surface area contributed by atoms with Crippen LogP contribution >= 0.6 is 0 Å². The van der Waals surface area contributed by atoms with Gasteiger partial charge in [-0.1, -0.05) is 0 Å². The van der Waals surface area contributed by atoms with Crippen molar-refractivity contribution in [2.45, 2.75) is 13.1 Å². The van der Waals surface area contributed by atoms with E-state index >= 15 is 0 Å². The van der Waals surface area contributed by atoms with Crippen LogP contribution in [-0.4, -0.2) is 9.13 Å². The van der Waals surface area contributed by atoms with Gasteiger partial charge >= 0.3 is 159 Å². The van der Waals surface area contributed by atoms with Crippen molar-refractivity contribution in [1.82, 2.24) is 9.13 Å². The Morgan fingerprint density at radius 3 is 1.23 bits per heavy atom. The van der Waals surface area contributed by atoms with Crippen molar-refractivity contribution in [1.29, 1.82) is 0 Å². The van der Waals surface area contributed by atoms with Gasteiger partial charge in [-0.25, -0.2) is 0 Å². The molecule has 7 nitrogen and oxygen atoms in total. The van der Waals surface area contributed by atoms with Crippen molar-refractivity contribution in [2.75, 3.05) is 0 Å². The van der Waals surface area contributed by atoms with Crippen LogP contribution in [0.2, 0.25) is 0 Å². The number of nitrogens with zero attached hydrogens (tertiary/aromatic N) is 2. The van der Waals surface area contributed by atoms with E-state index in [-0.39, 0.29) is 0 Å². The molecule has 0 bridgehead atoms. The molecule has 0 aliphatic rings. The summed E-state index contributed by atoms with van der Waals surface area (Å²) in [7, 11) is 0. The Balaban J connectivity index is -0.000000210. The Bertz CT molecular complexity index is 722. The van der Waals surface area contributed by atoms with Crippen LogP contribution < -0.4 is 0 Å². The zero-order chi connectivity index (χ0) is 21.5. The van der Waals surface area contributed by atoms with Gasteiger partial charge in [0.25, 0.3) is 0 Å². The van der Waals surface area contributed by atoms with E-state index < -0.39 is 0 Å². The monoisotopic (exact) mass is 390 g/mol. The van der Waals surface area contributed by atoms with Gasteiger partial charge in [-0.2, -0.15) is 0 Å². The minimum atomic E-state index is 0.812. The van der Waals surface area contributed by atoms with E-state index in [0.717, 1.165) is 17.4 Å². The molecule has 0 spiro atoms. The van der Waals surface area contributed by atoms with Gasteiger partial charge in [-0.05, 0) is 0 Å². The molecule has 0 N–H and O–H groups in total. The van der Waals surface area contributed by atoms with Crippen molar-refractivity contribution in [3.05, 3.63) is 87.1 Å². The summed E-state index contributed by atoms with van der Waals surface area (Å²) >= 11 is 3.13. The summed E-state index contributed by atoms with van der Waals surface area (Å²) in [6, 6.07) is 8.36. The van der Waals surface area contributed by atoms with Crippen molar-refractivity contribution < 1.29 is 39.1 Å². The molecule has 0 unspecified atom stereocenters. The van der Waals surface area contributed by atoms with Gasteiger partial charge in [0.2, 0.25) is 0 Å². The Morgan fingerprint density at radius 2 is 1.00 bits per heavy atom. The molecule has 8 heteroatoms. The van der Waals surface area contributed by atoms with E-state index in [9.17, 15) is 0 Å². The summed E-state index contributed by atoms with van der Waals surface area (Å²) in [6.45, 7) is 31.7. The van der Waals surface area contributed by atoms with Crippen LogP contribution in [0.1, 0.15) is 0 Å². The average Bonchev–Trinajstić information content (AvgIpc) is 3.02. The standard InChI is InChI=1S/C13H14N2.5CO.Cr/c1-3-9-14-11-15(10-4-2)13-8-6-5-7-12(13)14;5*1-2;/h3-8H,1-2,9-10H2;;;;;;. The third-order valence-electron chi connectivity index (χ3n) is 2.55. The number of benzene rings is 1. The summed E-state index contributed by atoms with van der Waals surface area (Å²) in [5.41, 5.74) is 2.44. The van der Waals surface area contributed by atoms with Crippen LogP contribution in [0.3, 0.4) is 0 Å². The van der Waals surface area contributed by atoms with Crippen LogP contribution in [0.25, 0.3) is 11.0 Å². The Kier molecular flexibility index (Phi) is 29.6. The zero-order valence-corrected chi connectivity index (χ0v) is 14.9. The fourth-order valence-electron chi connectivity index (χ4n) is 1.88. The van der Waals surface area contributed by atoms with Gasteiger partial charge in [0.05, 0.1) is 0 Å². The van der Waals surface area contributed by atoms with Gasteiger partial charge in [0.1, 0.15) is 0 Å². The first-order chi connectivity index (χ1) is 12.8. The van der Waals surface area contributed by atoms with Crippen LogP contribution in [0.4, 0.5) is 0 Å². The van der Waals surface area contributed by atoms with Crippen molar-refractivity contribution >= 4 is 11.0 Å². The molecular weight excluding hydrogens is 376 g/mol. The summed E-state index contributed by atoms with van der Waals surface area (Å²) < 4.78 is 43.0. The second-order valence-corrected chi connectivity index (χ2v) is 4.14. The number of aromatic nitrogens is 2. The molecule has 0 aliphatic carbocycles. The fraction of sp³-hybridized carbons (Fsp3) is 0.111. The number of imidazole rings is 1. The summed E-state index contributed by atoms with van der Waals surface area (Å²) in [4.78, 5) is 0. The maximum absolute atomic E-state index is 7.50. The summed E-state index contributed by atoms with van der Waals surface area (Å²) in [5, 5.41) is 0. The second-order valence-electron chi connectivity index (χ2n) is 3.57. The molecule has 0 atom stereocenters. The van der Waals surface area contributed by atoms with Crippen molar-refractivity contribution in [2.24, 2.45) is 0 Å². The van der Waals surface area contributed by atoms with Gasteiger partial charge in [-0.15, -0.1) is 0 Å². The average molecular weight is 390 g/mol. The molecule has 0 aliphatic heterocycles. The first-order valence-corrected chi connectivity index (χ1v) is 6.85. The number of rotatable bonds is 4. The number of fused-ring (bicyclic) bond motifs is 1. The van der Waals surface area contributed by atoms with Crippen LogP contribution in [0, 0.1) is 37.5 Å². The third kappa shape index (κ3) is 9.64. The predicted octanol–water partition coefficient (Wildman–Crippen LogP) is 2.71. The SMILES string of the molecule is C=CCn1[c](=[Cr])n(CC=C)c2ccccc21.[C-]#[O+].[C-]#[O+].[C-]#[O+].[C-]#[O+].[C-]#[O+]. The van der Waals surface area contributed by atoms with Crippen molar-refractivity contribution in [3.63, 3.8) is 0 Å². The Morgan fingerprint density at radius 1 is 0.731 bits per heavy atom.